The van der Waals surface area contributed by atoms with E-state index in [4.69, 9.17) is 5.73 Å². The normalized spacial score (nSPS) is 21.7. The van der Waals surface area contributed by atoms with Gasteiger partial charge in [0.2, 0.25) is 0 Å². The highest BCUT2D eigenvalue weighted by molar-refractivity contribution is 6.00. The van der Waals surface area contributed by atoms with Crippen LogP contribution in [0.5, 0.6) is 0 Å². The second-order valence-corrected chi connectivity index (χ2v) is 5.38. The highest BCUT2D eigenvalue weighted by atomic mass is 16.3. The van der Waals surface area contributed by atoms with E-state index in [1.807, 2.05) is 6.92 Å². The number of carbonyl (C=O) groups is 1. The van der Waals surface area contributed by atoms with E-state index < -0.39 is 0 Å². The van der Waals surface area contributed by atoms with Crippen molar-refractivity contribution in [3.63, 3.8) is 0 Å². The SMILES string of the molecule is CCNC(=O)c1ccc(N)cc1NCC1CCC(O)C1. The second-order valence-electron chi connectivity index (χ2n) is 5.38. The molecule has 0 radical (unpaired) electrons. The summed E-state index contributed by atoms with van der Waals surface area (Å²) in [4.78, 5) is 12.0. The molecule has 1 aliphatic carbocycles. The van der Waals surface area contributed by atoms with Gasteiger partial charge in [-0.25, -0.2) is 0 Å². The molecule has 20 heavy (non-hydrogen) atoms. The maximum Gasteiger partial charge on any atom is 0.253 e. The maximum atomic E-state index is 12.0. The molecule has 0 aromatic heterocycles. The number of hydrogen-bond acceptors (Lipinski definition) is 4. The average Bonchev–Trinajstić information content (AvgIpc) is 2.82. The minimum atomic E-state index is -0.175. The van der Waals surface area contributed by atoms with Gasteiger partial charge in [-0.2, -0.15) is 0 Å². The van der Waals surface area contributed by atoms with Gasteiger partial charge in [-0.05, 0) is 50.3 Å². The summed E-state index contributed by atoms with van der Waals surface area (Å²) in [6.07, 6.45) is 2.54. The van der Waals surface area contributed by atoms with Crippen LogP contribution < -0.4 is 16.4 Å². The number of benzene rings is 1. The standard InChI is InChI=1S/C15H23N3O2/c1-2-17-15(20)13-6-4-11(16)8-14(13)18-9-10-3-5-12(19)7-10/h4,6,8,10,12,18-19H,2-3,5,7,9,16H2,1H3,(H,17,20). The Balaban J connectivity index is 2.05. The third-order valence-electron chi connectivity index (χ3n) is 3.72. The zero-order valence-corrected chi connectivity index (χ0v) is 11.9. The Morgan fingerprint density at radius 1 is 1.45 bits per heavy atom. The van der Waals surface area contributed by atoms with Crippen molar-refractivity contribution in [2.24, 2.45) is 5.92 Å². The van der Waals surface area contributed by atoms with Gasteiger partial charge in [0, 0.05) is 24.5 Å². The molecule has 1 fully saturated rings. The lowest BCUT2D eigenvalue weighted by atomic mass is 10.1. The van der Waals surface area contributed by atoms with Gasteiger partial charge in [-0.1, -0.05) is 0 Å². The van der Waals surface area contributed by atoms with Crippen LogP contribution in [0.3, 0.4) is 0 Å². The van der Waals surface area contributed by atoms with E-state index in [0.29, 0.717) is 23.7 Å². The average molecular weight is 277 g/mol. The summed E-state index contributed by atoms with van der Waals surface area (Å²) in [5.74, 6) is 0.356. The van der Waals surface area contributed by atoms with Crippen molar-refractivity contribution in [2.45, 2.75) is 32.3 Å². The van der Waals surface area contributed by atoms with Crippen LogP contribution in [-0.2, 0) is 0 Å². The van der Waals surface area contributed by atoms with Crippen molar-refractivity contribution >= 4 is 17.3 Å². The molecule has 0 bridgehead atoms. The van der Waals surface area contributed by atoms with E-state index in [0.717, 1.165) is 31.5 Å². The molecule has 1 amide bonds. The summed E-state index contributed by atoms with van der Waals surface area (Å²) in [5, 5.41) is 15.6. The summed E-state index contributed by atoms with van der Waals surface area (Å²) in [6, 6.07) is 5.26. The first-order valence-corrected chi connectivity index (χ1v) is 7.19. The molecular weight excluding hydrogens is 254 g/mol. The van der Waals surface area contributed by atoms with E-state index in [1.54, 1.807) is 18.2 Å². The topological polar surface area (TPSA) is 87.4 Å². The van der Waals surface area contributed by atoms with Crippen molar-refractivity contribution in [1.29, 1.82) is 0 Å². The molecule has 5 nitrogen and oxygen atoms in total. The summed E-state index contributed by atoms with van der Waals surface area (Å²) >= 11 is 0. The number of amides is 1. The van der Waals surface area contributed by atoms with Crippen LogP contribution in [0.1, 0.15) is 36.5 Å². The summed E-state index contributed by atoms with van der Waals surface area (Å²) < 4.78 is 0. The Bertz CT molecular complexity index is 476. The molecule has 0 saturated heterocycles. The van der Waals surface area contributed by atoms with Crippen molar-refractivity contribution in [3.05, 3.63) is 23.8 Å². The molecule has 1 saturated carbocycles. The number of nitrogens with two attached hydrogens (primary N) is 1. The lowest BCUT2D eigenvalue weighted by Gasteiger charge is -2.15. The van der Waals surface area contributed by atoms with Gasteiger partial charge >= 0.3 is 0 Å². The third kappa shape index (κ3) is 3.63. The Labute approximate surface area is 119 Å². The van der Waals surface area contributed by atoms with Crippen molar-refractivity contribution in [3.8, 4) is 0 Å². The predicted molar refractivity (Wildman–Crippen MR) is 80.7 cm³/mol. The first-order chi connectivity index (χ1) is 9.60. The van der Waals surface area contributed by atoms with Crippen LogP contribution in [0.15, 0.2) is 18.2 Å². The predicted octanol–water partition coefficient (Wildman–Crippen LogP) is 1.59. The maximum absolute atomic E-state index is 12.0. The van der Waals surface area contributed by atoms with Gasteiger partial charge in [0.15, 0.2) is 0 Å². The third-order valence-corrected chi connectivity index (χ3v) is 3.72. The monoisotopic (exact) mass is 277 g/mol. The van der Waals surface area contributed by atoms with Gasteiger partial charge in [0.05, 0.1) is 11.7 Å². The molecule has 5 heteroatoms. The van der Waals surface area contributed by atoms with E-state index in [-0.39, 0.29) is 12.0 Å². The molecule has 2 unspecified atom stereocenters. The van der Waals surface area contributed by atoms with Crippen LogP contribution in [0.25, 0.3) is 0 Å². The Kier molecular flexibility index (Phi) is 4.84. The number of nitrogen functional groups attached to an aromatic ring is 1. The van der Waals surface area contributed by atoms with Crippen LogP contribution in [0, 0.1) is 5.92 Å². The number of rotatable bonds is 5. The second kappa shape index (κ2) is 6.61. The minimum absolute atomic E-state index is 0.0959. The molecule has 1 aliphatic rings. The largest absolute Gasteiger partial charge is 0.399 e. The van der Waals surface area contributed by atoms with E-state index >= 15 is 0 Å². The van der Waals surface area contributed by atoms with Gasteiger partial charge in [0.25, 0.3) is 5.91 Å². The molecule has 0 heterocycles. The van der Waals surface area contributed by atoms with Crippen molar-refractivity contribution in [2.75, 3.05) is 24.1 Å². The van der Waals surface area contributed by atoms with Gasteiger partial charge in [0.1, 0.15) is 0 Å². The number of anilines is 2. The molecule has 2 rings (SSSR count). The van der Waals surface area contributed by atoms with Crippen LogP contribution in [-0.4, -0.2) is 30.2 Å². The van der Waals surface area contributed by atoms with E-state index in [2.05, 4.69) is 10.6 Å². The lowest BCUT2D eigenvalue weighted by Crippen LogP contribution is -2.24. The van der Waals surface area contributed by atoms with Gasteiger partial charge in [-0.15, -0.1) is 0 Å². The van der Waals surface area contributed by atoms with E-state index in [1.165, 1.54) is 0 Å². The van der Waals surface area contributed by atoms with Crippen LogP contribution in [0.2, 0.25) is 0 Å². The summed E-state index contributed by atoms with van der Waals surface area (Å²) in [7, 11) is 0. The van der Waals surface area contributed by atoms with Crippen molar-refractivity contribution < 1.29 is 9.90 Å². The zero-order valence-electron chi connectivity index (χ0n) is 11.9. The lowest BCUT2D eigenvalue weighted by molar-refractivity contribution is 0.0956. The number of aliphatic hydroxyl groups is 1. The fraction of sp³-hybridized carbons (Fsp3) is 0.533. The van der Waals surface area contributed by atoms with Crippen LogP contribution in [0.4, 0.5) is 11.4 Å². The quantitative estimate of drug-likeness (QED) is 0.616. The molecule has 5 N–H and O–H groups in total. The van der Waals surface area contributed by atoms with Gasteiger partial charge in [-0.3, -0.25) is 4.79 Å². The molecule has 2 atom stereocenters. The fourth-order valence-corrected chi connectivity index (χ4v) is 2.65. The minimum Gasteiger partial charge on any atom is -0.399 e. The first-order valence-electron chi connectivity index (χ1n) is 7.19. The van der Waals surface area contributed by atoms with Gasteiger partial charge < -0.3 is 21.5 Å². The number of aliphatic hydroxyl groups excluding tert-OH is 1. The number of nitrogens with one attached hydrogen (secondary N) is 2. The zero-order chi connectivity index (χ0) is 14.5. The van der Waals surface area contributed by atoms with E-state index in [9.17, 15) is 9.90 Å². The molecule has 0 spiro atoms. The fourth-order valence-electron chi connectivity index (χ4n) is 2.65. The number of hydrogen-bond donors (Lipinski definition) is 4. The first kappa shape index (κ1) is 14.7. The molecule has 0 aliphatic heterocycles. The Morgan fingerprint density at radius 3 is 2.90 bits per heavy atom. The molecule has 110 valence electrons. The highest BCUT2D eigenvalue weighted by Gasteiger charge is 2.22. The smallest absolute Gasteiger partial charge is 0.253 e. The van der Waals surface area contributed by atoms with Crippen molar-refractivity contribution in [1.82, 2.24) is 5.32 Å². The summed E-state index contributed by atoms with van der Waals surface area (Å²) in [6.45, 7) is 3.24. The molecular formula is C15H23N3O2. The molecule has 1 aromatic carbocycles. The number of carbonyl (C=O) groups excluding carboxylic acids is 1. The summed E-state index contributed by atoms with van der Waals surface area (Å²) in [5.41, 5.74) is 7.80. The molecule has 1 aromatic rings. The highest BCUT2D eigenvalue weighted by Crippen LogP contribution is 2.27. The Hall–Kier alpha value is -1.75. The van der Waals surface area contributed by atoms with Crippen LogP contribution >= 0.6 is 0 Å². The Morgan fingerprint density at radius 2 is 2.25 bits per heavy atom.